The first kappa shape index (κ1) is 21.8. The second-order valence-electron chi connectivity index (χ2n) is 10.8. The molecule has 0 atom stereocenters. The molecule has 1 saturated heterocycles. The van der Waals surface area contributed by atoms with Crippen molar-refractivity contribution in [2.24, 2.45) is 5.92 Å². The predicted octanol–water partition coefficient (Wildman–Crippen LogP) is 7.70. The SMILES string of the molecule is CC1CCN(Cc2ccc(-c3nc4c5c(c3-c3ccccc3)c3ccccc3n5CCC4)cc2)CC1. The van der Waals surface area contributed by atoms with Crippen LogP contribution in [0.2, 0.25) is 0 Å². The molecule has 180 valence electrons. The molecule has 0 radical (unpaired) electrons. The van der Waals surface area contributed by atoms with Gasteiger partial charge in [-0.25, -0.2) is 4.98 Å². The van der Waals surface area contributed by atoms with Gasteiger partial charge in [0.15, 0.2) is 0 Å². The van der Waals surface area contributed by atoms with Gasteiger partial charge in [0, 0.05) is 40.5 Å². The van der Waals surface area contributed by atoms with Crippen LogP contribution in [0.25, 0.3) is 44.2 Å². The highest BCUT2D eigenvalue weighted by Gasteiger charge is 2.25. The molecule has 2 aromatic heterocycles. The predicted molar refractivity (Wildman–Crippen MR) is 150 cm³/mol. The number of aryl methyl sites for hydroxylation is 2. The minimum absolute atomic E-state index is 0.869. The van der Waals surface area contributed by atoms with E-state index >= 15 is 0 Å². The fourth-order valence-corrected chi connectivity index (χ4v) is 6.37. The molecule has 0 bridgehead atoms. The van der Waals surface area contributed by atoms with Gasteiger partial charge in [0.25, 0.3) is 0 Å². The lowest BCUT2D eigenvalue weighted by Crippen LogP contribution is -2.32. The van der Waals surface area contributed by atoms with E-state index in [2.05, 4.69) is 95.3 Å². The molecular formula is C33H33N3. The van der Waals surface area contributed by atoms with E-state index in [1.54, 1.807) is 0 Å². The second-order valence-corrected chi connectivity index (χ2v) is 10.8. The van der Waals surface area contributed by atoms with Crippen molar-refractivity contribution in [2.75, 3.05) is 13.1 Å². The van der Waals surface area contributed by atoms with E-state index in [-0.39, 0.29) is 0 Å². The molecule has 4 heterocycles. The van der Waals surface area contributed by atoms with E-state index in [0.717, 1.165) is 37.5 Å². The molecular weight excluding hydrogens is 438 g/mol. The van der Waals surface area contributed by atoms with Crippen molar-refractivity contribution >= 4 is 21.8 Å². The highest BCUT2D eigenvalue weighted by Crippen LogP contribution is 2.44. The summed E-state index contributed by atoms with van der Waals surface area (Å²) in [6, 6.07) is 29.0. The molecule has 0 aliphatic carbocycles. The van der Waals surface area contributed by atoms with Crippen LogP contribution in [0.4, 0.5) is 0 Å². The second kappa shape index (κ2) is 8.90. The molecule has 36 heavy (non-hydrogen) atoms. The van der Waals surface area contributed by atoms with Gasteiger partial charge in [-0.1, -0.05) is 79.7 Å². The fraction of sp³-hybridized carbons (Fsp3) is 0.303. The lowest BCUT2D eigenvalue weighted by molar-refractivity contribution is 0.185. The maximum atomic E-state index is 5.40. The first-order valence-corrected chi connectivity index (χ1v) is 13.6. The number of aromatic nitrogens is 2. The Kier molecular flexibility index (Phi) is 5.40. The number of benzene rings is 3. The van der Waals surface area contributed by atoms with Crippen LogP contribution in [0.15, 0.2) is 78.9 Å². The summed E-state index contributed by atoms with van der Waals surface area (Å²) in [5.74, 6) is 0.869. The van der Waals surface area contributed by atoms with E-state index in [4.69, 9.17) is 4.98 Å². The van der Waals surface area contributed by atoms with Crippen molar-refractivity contribution in [3.63, 3.8) is 0 Å². The van der Waals surface area contributed by atoms with Crippen LogP contribution in [0.3, 0.4) is 0 Å². The van der Waals surface area contributed by atoms with Crippen LogP contribution in [-0.2, 0) is 19.5 Å². The monoisotopic (exact) mass is 471 g/mol. The van der Waals surface area contributed by atoms with Crippen molar-refractivity contribution in [1.29, 1.82) is 0 Å². The maximum absolute atomic E-state index is 5.40. The molecule has 0 amide bonds. The Bertz CT molecular complexity index is 1540. The number of nitrogens with zero attached hydrogens (tertiary/aromatic N) is 3. The Hall–Kier alpha value is -3.43. The molecule has 2 aliphatic rings. The average Bonchev–Trinajstić information content (AvgIpc) is 3.27. The van der Waals surface area contributed by atoms with Gasteiger partial charge in [0.2, 0.25) is 0 Å². The molecule has 3 heteroatoms. The summed E-state index contributed by atoms with van der Waals surface area (Å²) in [6.45, 7) is 6.92. The van der Waals surface area contributed by atoms with Gasteiger partial charge in [0.05, 0.1) is 16.9 Å². The lowest BCUT2D eigenvalue weighted by Gasteiger charge is -2.30. The van der Waals surface area contributed by atoms with Gasteiger partial charge in [-0.2, -0.15) is 0 Å². The normalized spacial score (nSPS) is 16.7. The summed E-state index contributed by atoms with van der Waals surface area (Å²) < 4.78 is 2.51. The Morgan fingerprint density at radius 2 is 1.56 bits per heavy atom. The van der Waals surface area contributed by atoms with E-state index < -0.39 is 0 Å². The zero-order valence-corrected chi connectivity index (χ0v) is 21.1. The van der Waals surface area contributed by atoms with Gasteiger partial charge in [-0.3, -0.25) is 4.90 Å². The van der Waals surface area contributed by atoms with Gasteiger partial charge in [-0.15, -0.1) is 0 Å². The number of hydrogen-bond acceptors (Lipinski definition) is 2. The number of likely N-dealkylation sites (tertiary alicyclic amines) is 1. The molecule has 0 unspecified atom stereocenters. The largest absolute Gasteiger partial charge is 0.339 e. The van der Waals surface area contributed by atoms with Crippen molar-refractivity contribution in [1.82, 2.24) is 14.5 Å². The minimum Gasteiger partial charge on any atom is -0.339 e. The van der Waals surface area contributed by atoms with Crippen molar-refractivity contribution in [3.8, 4) is 22.4 Å². The first-order chi connectivity index (χ1) is 17.8. The van der Waals surface area contributed by atoms with Crippen molar-refractivity contribution < 1.29 is 0 Å². The van der Waals surface area contributed by atoms with Gasteiger partial charge in [0.1, 0.15) is 0 Å². The van der Waals surface area contributed by atoms with Crippen molar-refractivity contribution in [2.45, 2.75) is 45.7 Å². The van der Waals surface area contributed by atoms with Crippen LogP contribution in [0, 0.1) is 5.92 Å². The standard InChI is InChI=1S/C33H33N3/c1-23-17-20-35(21-18-23)22-24-13-15-26(16-14-24)32-30(25-8-3-2-4-9-25)31-27-10-5-6-12-29(27)36-19-7-11-28(34-32)33(31)36/h2-6,8-10,12-16,23H,7,11,17-22H2,1H3. The summed E-state index contributed by atoms with van der Waals surface area (Å²) in [6.07, 6.45) is 4.82. The number of pyridine rings is 1. The number of rotatable bonds is 4. The summed E-state index contributed by atoms with van der Waals surface area (Å²) in [5.41, 5.74) is 10.1. The molecule has 3 aromatic carbocycles. The van der Waals surface area contributed by atoms with Crippen LogP contribution in [0.5, 0.6) is 0 Å². The van der Waals surface area contributed by atoms with E-state index in [0.29, 0.717) is 0 Å². The molecule has 3 nitrogen and oxygen atoms in total. The van der Waals surface area contributed by atoms with Gasteiger partial charge < -0.3 is 4.57 Å². The summed E-state index contributed by atoms with van der Waals surface area (Å²) in [5, 5.41) is 2.71. The maximum Gasteiger partial charge on any atom is 0.0791 e. The first-order valence-electron chi connectivity index (χ1n) is 13.6. The highest BCUT2D eigenvalue weighted by atomic mass is 15.1. The van der Waals surface area contributed by atoms with Crippen LogP contribution >= 0.6 is 0 Å². The topological polar surface area (TPSA) is 21.1 Å². The number of piperidine rings is 1. The summed E-state index contributed by atoms with van der Waals surface area (Å²) >= 11 is 0. The van der Waals surface area contributed by atoms with E-state index in [9.17, 15) is 0 Å². The Morgan fingerprint density at radius 3 is 2.36 bits per heavy atom. The molecule has 5 aromatic rings. The zero-order valence-electron chi connectivity index (χ0n) is 21.1. The zero-order chi connectivity index (χ0) is 24.1. The van der Waals surface area contributed by atoms with E-state index in [1.807, 2.05) is 0 Å². The highest BCUT2D eigenvalue weighted by molar-refractivity contribution is 6.18. The number of hydrogen-bond donors (Lipinski definition) is 0. The average molecular weight is 472 g/mol. The molecule has 7 rings (SSSR count). The lowest BCUT2D eigenvalue weighted by atomic mass is 9.92. The quantitative estimate of drug-likeness (QED) is 0.268. The Balaban J connectivity index is 1.39. The third-order valence-electron chi connectivity index (χ3n) is 8.35. The molecule has 0 spiro atoms. The Morgan fingerprint density at radius 1 is 0.806 bits per heavy atom. The molecule has 0 saturated carbocycles. The van der Waals surface area contributed by atoms with Crippen LogP contribution in [0.1, 0.15) is 37.4 Å². The molecule has 0 N–H and O–H groups in total. The van der Waals surface area contributed by atoms with Gasteiger partial charge >= 0.3 is 0 Å². The fourth-order valence-electron chi connectivity index (χ4n) is 6.37. The minimum atomic E-state index is 0.869. The third-order valence-corrected chi connectivity index (χ3v) is 8.35. The molecule has 1 fully saturated rings. The third kappa shape index (κ3) is 3.65. The Labute approximate surface area is 213 Å². The summed E-state index contributed by atoms with van der Waals surface area (Å²) in [4.78, 5) is 8.00. The van der Waals surface area contributed by atoms with Crippen LogP contribution in [-0.4, -0.2) is 27.5 Å². The van der Waals surface area contributed by atoms with E-state index in [1.165, 1.54) is 75.7 Å². The number of para-hydroxylation sites is 1. The number of fused-ring (bicyclic) bond motifs is 3. The summed E-state index contributed by atoms with van der Waals surface area (Å²) in [7, 11) is 0. The van der Waals surface area contributed by atoms with Crippen LogP contribution < -0.4 is 0 Å². The molecule has 2 aliphatic heterocycles. The smallest absolute Gasteiger partial charge is 0.0791 e. The van der Waals surface area contributed by atoms with Crippen molar-refractivity contribution in [3.05, 3.63) is 90.1 Å². The van der Waals surface area contributed by atoms with Gasteiger partial charge in [-0.05, 0) is 61.9 Å².